The maximum absolute atomic E-state index is 10.5. The summed E-state index contributed by atoms with van der Waals surface area (Å²) >= 11 is 3.94. The average Bonchev–Trinajstić information content (AvgIpc) is 2.05. The van der Waals surface area contributed by atoms with E-state index in [9.17, 15) is 4.79 Å². The van der Waals surface area contributed by atoms with Gasteiger partial charge in [-0.3, -0.25) is 0 Å². The van der Waals surface area contributed by atoms with Gasteiger partial charge in [-0.15, -0.1) is 11.7 Å². The number of aromatic carboxylic acids is 1. The van der Waals surface area contributed by atoms with Crippen LogP contribution < -0.4 is 5.73 Å². The van der Waals surface area contributed by atoms with Crippen molar-refractivity contribution in [2.45, 2.75) is 4.90 Å². The molecule has 0 amide bonds. The Kier molecular flexibility index (Phi) is 2.88. The molecule has 0 fully saturated rings. The first-order chi connectivity index (χ1) is 5.65. The summed E-state index contributed by atoms with van der Waals surface area (Å²) in [5.41, 5.74) is 6.30. The molecule has 3 N–H and O–H groups in total. The summed E-state index contributed by atoms with van der Waals surface area (Å²) in [6.45, 7) is 0. The molecule has 5 heteroatoms. The highest BCUT2D eigenvalue weighted by molar-refractivity contribution is 8.68. The van der Waals surface area contributed by atoms with Gasteiger partial charge in [0.05, 0.1) is 5.56 Å². The van der Waals surface area contributed by atoms with E-state index < -0.39 is 5.97 Å². The molecule has 0 saturated heterocycles. The zero-order chi connectivity index (χ0) is 9.14. The second-order valence-corrected chi connectivity index (χ2v) is 3.32. The monoisotopic (exact) mass is 201 g/mol. The quantitative estimate of drug-likeness (QED) is 0.388. The van der Waals surface area contributed by atoms with Gasteiger partial charge in [0.2, 0.25) is 0 Å². The van der Waals surface area contributed by atoms with Gasteiger partial charge in [0, 0.05) is 10.6 Å². The smallest absolute Gasteiger partial charge is 0.335 e. The number of rotatable bonds is 2. The molecule has 3 nitrogen and oxygen atoms in total. The van der Waals surface area contributed by atoms with E-state index in [0.717, 1.165) is 10.8 Å². The largest absolute Gasteiger partial charge is 0.478 e. The van der Waals surface area contributed by atoms with E-state index >= 15 is 0 Å². The summed E-state index contributed by atoms with van der Waals surface area (Å²) in [7, 11) is 1.13. The van der Waals surface area contributed by atoms with Gasteiger partial charge in [-0.05, 0) is 18.2 Å². The van der Waals surface area contributed by atoms with Gasteiger partial charge in [0.25, 0.3) is 0 Å². The average molecular weight is 201 g/mol. The Labute approximate surface area is 78.8 Å². The van der Waals surface area contributed by atoms with E-state index in [0.29, 0.717) is 10.6 Å². The first kappa shape index (κ1) is 9.28. The van der Waals surface area contributed by atoms with Crippen LogP contribution >= 0.6 is 22.5 Å². The number of nitrogen functional groups attached to an aromatic ring is 1. The second-order valence-electron chi connectivity index (χ2n) is 2.15. The molecule has 64 valence electrons. The lowest BCUT2D eigenvalue weighted by Gasteiger charge is -2.01. The Morgan fingerprint density at radius 2 is 2.25 bits per heavy atom. The normalized spacial score (nSPS) is 9.75. The first-order valence-electron chi connectivity index (χ1n) is 3.09. The van der Waals surface area contributed by atoms with Crippen molar-refractivity contribution < 1.29 is 9.90 Å². The third kappa shape index (κ3) is 1.86. The second kappa shape index (κ2) is 3.73. The number of carboxylic acid groups (broad SMARTS) is 1. The number of hydrogen-bond acceptors (Lipinski definition) is 4. The first-order valence-corrected chi connectivity index (χ1v) is 4.96. The van der Waals surface area contributed by atoms with E-state index in [1.807, 2.05) is 0 Å². The zero-order valence-corrected chi connectivity index (χ0v) is 7.73. The third-order valence-electron chi connectivity index (χ3n) is 1.36. The van der Waals surface area contributed by atoms with Gasteiger partial charge < -0.3 is 10.8 Å². The molecule has 0 aromatic heterocycles. The van der Waals surface area contributed by atoms with Crippen LogP contribution in [0.25, 0.3) is 0 Å². The number of anilines is 1. The van der Waals surface area contributed by atoms with Crippen molar-refractivity contribution >= 4 is 34.1 Å². The van der Waals surface area contributed by atoms with E-state index in [1.165, 1.54) is 12.1 Å². The van der Waals surface area contributed by atoms with E-state index in [4.69, 9.17) is 10.8 Å². The van der Waals surface area contributed by atoms with Crippen molar-refractivity contribution in [2.75, 3.05) is 5.73 Å². The molecular formula is C7H7NO2S2. The molecular weight excluding hydrogens is 194 g/mol. The van der Waals surface area contributed by atoms with E-state index in [2.05, 4.69) is 11.7 Å². The van der Waals surface area contributed by atoms with E-state index in [1.54, 1.807) is 6.07 Å². The Hall–Kier alpha value is -0.810. The predicted octanol–water partition coefficient (Wildman–Crippen LogP) is 1.90. The molecule has 0 unspecified atom stereocenters. The molecule has 1 rings (SSSR count). The van der Waals surface area contributed by atoms with Crippen molar-refractivity contribution in [2.24, 2.45) is 0 Å². The van der Waals surface area contributed by atoms with Crippen molar-refractivity contribution in [3.63, 3.8) is 0 Å². The van der Waals surface area contributed by atoms with Crippen LogP contribution in [0.15, 0.2) is 23.1 Å². The summed E-state index contributed by atoms with van der Waals surface area (Å²) in [4.78, 5) is 11.2. The number of carboxylic acids is 1. The summed E-state index contributed by atoms with van der Waals surface area (Å²) in [5.74, 6) is -0.960. The van der Waals surface area contributed by atoms with Crippen LogP contribution in [0.5, 0.6) is 0 Å². The zero-order valence-electron chi connectivity index (χ0n) is 6.02. The maximum Gasteiger partial charge on any atom is 0.335 e. The number of hydrogen-bond donors (Lipinski definition) is 3. The Morgan fingerprint density at radius 1 is 1.58 bits per heavy atom. The van der Waals surface area contributed by atoms with Gasteiger partial charge in [0.1, 0.15) is 0 Å². The van der Waals surface area contributed by atoms with Gasteiger partial charge in [-0.25, -0.2) is 4.79 Å². The van der Waals surface area contributed by atoms with Gasteiger partial charge in [0.15, 0.2) is 0 Å². The Balaban J connectivity index is 3.13. The fraction of sp³-hybridized carbons (Fsp3) is 0. The summed E-state index contributed by atoms with van der Waals surface area (Å²) < 4.78 is 0. The van der Waals surface area contributed by atoms with Crippen molar-refractivity contribution in [1.82, 2.24) is 0 Å². The molecule has 0 bridgehead atoms. The molecule has 0 aliphatic carbocycles. The van der Waals surface area contributed by atoms with Crippen molar-refractivity contribution in [3.8, 4) is 0 Å². The lowest BCUT2D eigenvalue weighted by Crippen LogP contribution is -1.97. The standard InChI is InChI=1S/C7H7NO2S2/c8-5-2-1-4(7(9)10)3-6(5)12-11/h1-3,11H,8H2,(H,9,10). The highest BCUT2D eigenvalue weighted by Gasteiger charge is 2.05. The van der Waals surface area contributed by atoms with Crippen LogP contribution in [0, 0.1) is 0 Å². The minimum atomic E-state index is -0.960. The molecule has 0 aliphatic rings. The third-order valence-corrected chi connectivity index (χ3v) is 2.50. The van der Waals surface area contributed by atoms with Crippen LogP contribution in [0.2, 0.25) is 0 Å². The van der Waals surface area contributed by atoms with Crippen LogP contribution in [-0.4, -0.2) is 11.1 Å². The summed E-state index contributed by atoms with van der Waals surface area (Å²) in [6.07, 6.45) is 0. The number of carbonyl (C=O) groups is 1. The van der Waals surface area contributed by atoms with Crippen molar-refractivity contribution in [1.29, 1.82) is 0 Å². The summed E-state index contributed by atoms with van der Waals surface area (Å²) in [6, 6.07) is 4.52. The fourth-order valence-electron chi connectivity index (χ4n) is 0.746. The molecule has 0 radical (unpaired) electrons. The van der Waals surface area contributed by atoms with E-state index in [-0.39, 0.29) is 5.56 Å². The van der Waals surface area contributed by atoms with Crippen LogP contribution in [0.1, 0.15) is 10.4 Å². The minimum Gasteiger partial charge on any atom is -0.478 e. The maximum atomic E-state index is 10.5. The lowest BCUT2D eigenvalue weighted by atomic mass is 10.2. The van der Waals surface area contributed by atoms with Gasteiger partial charge >= 0.3 is 5.97 Å². The lowest BCUT2D eigenvalue weighted by molar-refractivity contribution is 0.0696. The molecule has 1 aromatic carbocycles. The van der Waals surface area contributed by atoms with Crippen LogP contribution in [-0.2, 0) is 0 Å². The number of thiol groups is 1. The van der Waals surface area contributed by atoms with Gasteiger partial charge in [-0.1, -0.05) is 10.8 Å². The summed E-state index contributed by atoms with van der Waals surface area (Å²) in [5, 5.41) is 8.62. The minimum absolute atomic E-state index is 0.223. The number of benzene rings is 1. The SMILES string of the molecule is Nc1ccc(C(=O)O)cc1SS. The Bertz CT molecular complexity index is 314. The highest BCUT2D eigenvalue weighted by atomic mass is 33.1. The number of nitrogens with two attached hydrogens (primary N) is 1. The molecule has 1 aromatic rings. The molecule has 0 atom stereocenters. The predicted molar refractivity (Wildman–Crippen MR) is 52.7 cm³/mol. The van der Waals surface area contributed by atoms with Crippen molar-refractivity contribution in [3.05, 3.63) is 23.8 Å². The van der Waals surface area contributed by atoms with Gasteiger partial charge in [-0.2, -0.15) is 0 Å². The molecule has 0 spiro atoms. The van der Waals surface area contributed by atoms with Crippen LogP contribution in [0.4, 0.5) is 5.69 Å². The fourth-order valence-corrected chi connectivity index (χ4v) is 1.57. The highest BCUT2D eigenvalue weighted by Crippen LogP contribution is 2.28. The van der Waals surface area contributed by atoms with Crippen LogP contribution in [0.3, 0.4) is 0 Å². The molecule has 0 heterocycles. The Morgan fingerprint density at radius 3 is 2.75 bits per heavy atom. The molecule has 0 aliphatic heterocycles. The topological polar surface area (TPSA) is 63.3 Å². The molecule has 12 heavy (non-hydrogen) atoms. The molecule has 0 saturated carbocycles.